The van der Waals surface area contributed by atoms with E-state index in [9.17, 15) is 21.6 Å². The van der Waals surface area contributed by atoms with Crippen LogP contribution in [0.5, 0.6) is 0 Å². The molecule has 0 aromatic heterocycles. The number of hydrogen-bond donors (Lipinski definition) is 1. The quantitative estimate of drug-likeness (QED) is 0.757. The first-order valence-electron chi connectivity index (χ1n) is 7.15. The lowest BCUT2D eigenvalue weighted by Gasteiger charge is -2.22. The molecule has 0 aliphatic carbocycles. The fourth-order valence-electron chi connectivity index (χ4n) is 2.67. The normalized spacial score (nSPS) is 19.6. The molecule has 1 aliphatic rings. The first kappa shape index (κ1) is 20.2. The second-order valence-electron chi connectivity index (χ2n) is 5.30. The maximum atomic E-state index is 12.7. The Hall–Kier alpha value is -0.830. The summed E-state index contributed by atoms with van der Waals surface area (Å²) in [5.74, 6) is 0. The second kappa shape index (κ2) is 7.83. The van der Waals surface area contributed by atoms with E-state index in [-0.39, 0.29) is 29.9 Å². The molecular formula is C14H19ClF3N2O2S-. The van der Waals surface area contributed by atoms with Crippen LogP contribution in [0, 0.1) is 0 Å². The molecule has 9 heteroatoms. The molecule has 1 heterocycles. The van der Waals surface area contributed by atoms with Crippen molar-refractivity contribution in [1.82, 2.24) is 9.62 Å². The Balaban J connectivity index is 0.00000264. The van der Waals surface area contributed by atoms with Gasteiger partial charge in [-0.1, -0.05) is 13.0 Å². The van der Waals surface area contributed by atoms with Gasteiger partial charge in [0.15, 0.2) is 0 Å². The molecule has 0 spiro atoms. The number of benzene rings is 1. The van der Waals surface area contributed by atoms with E-state index in [2.05, 4.69) is 9.62 Å². The minimum atomic E-state index is -4.56. The van der Waals surface area contributed by atoms with Gasteiger partial charge in [-0.25, -0.2) is 13.1 Å². The number of likely N-dealkylation sites (N-methyl/N-ethyl adjacent to an activating group) is 1. The molecule has 2 rings (SSSR count). The predicted molar refractivity (Wildman–Crippen MR) is 76.9 cm³/mol. The standard InChI is InChI=1S/C14H19F3N2O2S.ClH/c1-2-19-8-4-6-12(19)10-18-22(20,21)13-7-3-5-11(9-13)14(15,16)17;/h3,5,7,9,12,18H,2,4,6,8,10H2,1H3;1H/p-1. The topological polar surface area (TPSA) is 49.4 Å². The Labute approximate surface area is 140 Å². The molecule has 1 aliphatic heterocycles. The maximum absolute atomic E-state index is 12.7. The van der Waals surface area contributed by atoms with Crippen LogP contribution in [0.3, 0.4) is 0 Å². The lowest BCUT2D eigenvalue weighted by molar-refractivity contribution is -0.137. The van der Waals surface area contributed by atoms with Crippen molar-refractivity contribution in [3.8, 4) is 0 Å². The number of hydrogen-bond acceptors (Lipinski definition) is 3. The van der Waals surface area contributed by atoms with Crippen LogP contribution in [0.2, 0.25) is 0 Å². The molecule has 23 heavy (non-hydrogen) atoms. The van der Waals surface area contributed by atoms with Gasteiger partial charge in [0.2, 0.25) is 10.0 Å². The third-order valence-corrected chi connectivity index (χ3v) is 5.31. The van der Waals surface area contributed by atoms with Crippen LogP contribution >= 0.6 is 0 Å². The van der Waals surface area contributed by atoms with E-state index < -0.39 is 21.8 Å². The summed E-state index contributed by atoms with van der Waals surface area (Å²) in [5, 5.41) is 0. The summed E-state index contributed by atoms with van der Waals surface area (Å²) < 4.78 is 64.7. The Morgan fingerprint density at radius 1 is 1.35 bits per heavy atom. The summed E-state index contributed by atoms with van der Waals surface area (Å²) >= 11 is 0. The SMILES string of the molecule is CCN1CCCC1CNS(=O)(=O)c1cccc(C(F)(F)F)c1.[Cl-]. The molecule has 1 aromatic rings. The van der Waals surface area contributed by atoms with Crippen LogP contribution in [0.1, 0.15) is 25.3 Å². The van der Waals surface area contributed by atoms with Crippen molar-refractivity contribution in [3.63, 3.8) is 0 Å². The maximum Gasteiger partial charge on any atom is 0.416 e. The Morgan fingerprint density at radius 2 is 2.04 bits per heavy atom. The van der Waals surface area contributed by atoms with Crippen molar-refractivity contribution < 1.29 is 34.0 Å². The smallest absolute Gasteiger partial charge is 0.416 e. The molecule has 1 saturated heterocycles. The van der Waals surface area contributed by atoms with E-state index in [0.717, 1.165) is 38.1 Å². The average Bonchev–Trinajstić information content (AvgIpc) is 2.92. The fraction of sp³-hybridized carbons (Fsp3) is 0.571. The summed E-state index contributed by atoms with van der Waals surface area (Å²) in [6.45, 7) is 3.97. The first-order valence-corrected chi connectivity index (χ1v) is 8.63. The number of nitrogens with one attached hydrogen (secondary N) is 1. The van der Waals surface area contributed by atoms with Crippen LogP contribution in [0.4, 0.5) is 13.2 Å². The van der Waals surface area contributed by atoms with Gasteiger partial charge < -0.3 is 12.4 Å². The number of alkyl halides is 3. The summed E-state index contributed by atoms with van der Waals surface area (Å²) in [6, 6.07) is 3.89. The summed E-state index contributed by atoms with van der Waals surface area (Å²) in [4.78, 5) is 1.80. The summed E-state index contributed by atoms with van der Waals surface area (Å²) in [6.07, 6.45) is -2.67. The Kier molecular flexibility index (Phi) is 6.88. The molecule has 0 bridgehead atoms. The molecular weight excluding hydrogens is 353 g/mol. The van der Waals surface area contributed by atoms with Crippen LogP contribution in [-0.2, 0) is 16.2 Å². The highest BCUT2D eigenvalue weighted by molar-refractivity contribution is 7.89. The number of nitrogens with zero attached hydrogens (tertiary/aromatic N) is 1. The van der Waals surface area contributed by atoms with E-state index in [4.69, 9.17) is 0 Å². The molecule has 1 fully saturated rings. The average molecular weight is 372 g/mol. The zero-order chi connectivity index (χ0) is 16.4. The van der Waals surface area contributed by atoms with Gasteiger partial charge in [0.05, 0.1) is 10.5 Å². The third kappa shape index (κ3) is 5.07. The zero-order valence-corrected chi connectivity index (χ0v) is 14.2. The van der Waals surface area contributed by atoms with Gasteiger partial charge in [-0.05, 0) is 44.1 Å². The van der Waals surface area contributed by atoms with E-state index in [1.165, 1.54) is 6.07 Å². The van der Waals surface area contributed by atoms with Crippen molar-refractivity contribution in [1.29, 1.82) is 0 Å². The highest BCUT2D eigenvalue weighted by atomic mass is 35.5. The Morgan fingerprint density at radius 3 is 2.65 bits per heavy atom. The van der Waals surface area contributed by atoms with Crippen molar-refractivity contribution in [2.24, 2.45) is 0 Å². The van der Waals surface area contributed by atoms with E-state index in [1.807, 2.05) is 6.92 Å². The summed E-state index contributed by atoms with van der Waals surface area (Å²) in [7, 11) is -3.94. The Bertz CT molecular complexity index is 623. The van der Waals surface area contributed by atoms with E-state index in [0.29, 0.717) is 6.07 Å². The minimum Gasteiger partial charge on any atom is -1.00 e. The van der Waals surface area contributed by atoms with E-state index in [1.54, 1.807) is 0 Å². The molecule has 0 saturated carbocycles. The largest absolute Gasteiger partial charge is 1.00 e. The van der Waals surface area contributed by atoms with Crippen LogP contribution in [-0.4, -0.2) is 39.0 Å². The van der Waals surface area contributed by atoms with Gasteiger partial charge in [-0.15, -0.1) is 0 Å². The highest BCUT2D eigenvalue weighted by Crippen LogP contribution is 2.30. The predicted octanol–water partition coefficient (Wildman–Crippen LogP) is -0.528. The zero-order valence-electron chi connectivity index (χ0n) is 12.6. The molecule has 1 atom stereocenters. The van der Waals surface area contributed by atoms with Gasteiger partial charge >= 0.3 is 6.18 Å². The number of sulfonamides is 1. The number of halogens is 4. The number of likely N-dealkylation sites (tertiary alicyclic amines) is 1. The minimum absolute atomic E-state index is 0. The second-order valence-corrected chi connectivity index (χ2v) is 7.07. The molecule has 1 unspecified atom stereocenters. The third-order valence-electron chi connectivity index (χ3n) is 3.89. The van der Waals surface area contributed by atoms with Crippen molar-refractivity contribution in [2.75, 3.05) is 19.6 Å². The molecule has 0 amide bonds. The number of rotatable bonds is 5. The lowest BCUT2D eigenvalue weighted by atomic mass is 10.2. The summed E-state index contributed by atoms with van der Waals surface area (Å²) in [5.41, 5.74) is -0.966. The monoisotopic (exact) mass is 371 g/mol. The van der Waals surface area contributed by atoms with Crippen LogP contribution in [0.15, 0.2) is 29.2 Å². The molecule has 132 valence electrons. The van der Waals surface area contributed by atoms with Gasteiger partial charge in [0.1, 0.15) is 0 Å². The molecule has 4 nitrogen and oxygen atoms in total. The van der Waals surface area contributed by atoms with Crippen molar-refractivity contribution in [2.45, 2.75) is 36.9 Å². The van der Waals surface area contributed by atoms with Crippen molar-refractivity contribution in [3.05, 3.63) is 29.8 Å². The van der Waals surface area contributed by atoms with Gasteiger partial charge in [-0.3, -0.25) is 4.90 Å². The van der Waals surface area contributed by atoms with Gasteiger partial charge in [0.25, 0.3) is 0 Å². The van der Waals surface area contributed by atoms with E-state index >= 15 is 0 Å². The first-order chi connectivity index (χ1) is 10.2. The van der Waals surface area contributed by atoms with Gasteiger partial charge in [-0.2, -0.15) is 13.2 Å². The van der Waals surface area contributed by atoms with Gasteiger partial charge in [0, 0.05) is 12.6 Å². The van der Waals surface area contributed by atoms with Crippen LogP contribution < -0.4 is 17.1 Å². The van der Waals surface area contributed by atoms with Crippen LogP contribution in [0.25, 0.3) is 0 Å². The lowest BCUT2D eigenvalue weighted by Crippen LogP contribution is -3.00. The molecule has 1 N–H and O–H groups in total. The molecule has 0 radical (unpaired) electrons. The highest BCUT2D eigenvalue weighted by Gasteiger charge is 2.32. The molecule has 1 aromatic carbocycles. The van der Waals surface area contributed by atoms with Crippen molar-refractivity contribution >= 4 is 10.0 Å². The fourth-order valence-corrected chi connectivity index (χ4v) is 3.79.